The Balaban J connectivity index is 2.02. The Kier molecular flexibility index (Phi) is 3.23. The van der Waals surface area contributed by atoms with Gasteiger partial charge >= 0.3 is 0 Å². The largest absolute Gasteiger partial charge is 0.361 e. The third kappa shape index (κ3) is 2.12. The lowest BCUT2D eigenvalue weighted by Crippen LogP contribution is -2.44. The van der Waals surface area contributed by atoms with Crippen molar-refractivity contribution in [2.45, 2.75) is 25.9 Å². The van der Waals surface area contributed by atoms with Crippen molar-refractivity contribution in [3.8, 4) is 22.6 Å². The molecule has 1 aromatic heterocycles. The number of hydrogen-bond donors (Lipinski definition) is 1. The molecular weight excluding hydrogens is 300 g/mol. The third-order valence-electron chi connectivity index (χ3n) is 4.59. The highest BCUT2D eigenvalue weighted by atomic mass is 16.1. The SMILES string of the molecule is CC[C@]1(C)Nc2ccccc2-c2nc(=O)c(-c3ccccc3)nn21. The van der Waals surface area contributed by atoms with E-state index in [9.17, 15) is 4.79 Å². The number of nitrogens with one attached hydrogen (secondary N) is 1. The van der Waals surface area contributed by atoms with Gasteiger partial charge in [0, 0.05) is 16.8 Å². The lowest BCUT2D eigenvalue weighted by atomic mass is 10.0. The van der Waals surface area contributed by atoms with Crippen molar-refractivity contribution in [1.29, 1.82) is 0 Å². The molecule has 0 spiro atoms. The minimum atomic E-state index is -0.437. The number of benzene rings is 2. The maximum atomic E-state index is 12.6. The van der Waals surface area contributed by atoms with E-state index in [1.807, 2.05) is 59.3 Å². The van der Waals surface area contributed by atoms with E-state index in [4.69, 9.17) is 0 Å². The van der Waals surface area contributed by atoms with Crippen molar-refractivity contribution in [3.05, 3.63) is 65.0 Å². The van der Waals surface area contributed by atoms with Crippen molar-refractivity contribution in [2.75, 3.05) is 5.32 Å². The highest BCUT2D eigenvalue weighted by Gasteiger charge is 2.34. The van der Waals surface area contributed by atoms with Crippen LogP contribution in [0, 0.1) is 0 Å². The fraction of sp³-hybridized carbons (Fsp3) is 0.211. The van der Waals surface area contributed by atoms with E-state index in [2.05, 4.69) is 29.2 Å². The number of anilines is 1. The monoisotopic (exact) mass is 318 g/mol. The van der Waals surface area contributed by atoms with Crippen LogP contribution in [-0.4, -0.2) is 14.8 Å². The lowest BCUT2D eigenvalue weighted by molar-refractivity contribution is 0.312. The van der Waals surface area contributed by atoms with Gasteiger partial charge in [-0.05, 0) is 25.5 Å². The summed E-state index contributed by atoms with van der Waals surface area (Å²) in [5.74, 6) is 0.610. The summed E-state index contributed by atoms with van der Waals surface area (Å²) >= 11 is 0. The number of aromatic nitrogens is 3. The number of rotatable bonds is 2. The molecule has 2 aromatic carbocycles. The second kappa shape index (κ2) is 5.30. The Bertz CT molecular complexity index is 965. The van der Waals surface area contributed by atoms with Crippen LogP contribution in [0.1, 0.15) is 20.3 Å². The van der Waals surface area contributed by atoms with Crippen molar-refractivity contribution >= 4 is 5.69 Å². The fourth-order valence-corrected chi connectivity index (χ4v) is 3.05. The molecule has 0 radical (unpaired) electrons. The minimum Gasteiger partial charge on any atom is -0.361 e. The van der Waals surface area contributed by atoms with Crippen molar-refractivity contribution in [3.63, 3.8) is 0 Å². The van der Waals surface area contributed by atoms with Gasteiger partial charge in [0.15, 0.2) is 11.5 Å². The van der Waals surface area contributed by atoms with Crippen LogP contribution in [0.15, 0.2) is 59.4 Å². The summed E-state index contributed by atoms with van der Waals surface area (Å²) in [4.78, 5) is 17.0. The van der Waals surface area contributed by atoms with Gasteiger partial charge in [0.2, 0.25) is 0 Å². The summed E-state index contributed by atoms with van der Waals surface area (Å²) in [5, 5.41) is 8.22. The first-order valence-corrected chi connectivity index (χ1v) is 8.07. The van der Waals surface area contributed by atoms with Gasteiger partial charge in [-0.25, -0.2) is 4.68 Å². The molecule has 1 atom stereocenters. The summed E-state index contributed by atoms with van der Waals surface area (Å²) < 4.78 is 1.85. The molecule has 0 saturated heterocycles. The Morgan fingerprint density at radius 1 is 1.08 bits per heavy atom. The first kappa shape index (κ1) is 14.6. The van der Waals surface area contributed by atoms with Gasteiger partial charge in [-0.3, -0.25) is 4.79 Å². The van der Waals surface area contributed by atoms with Gasteiger partial charge in [0.1, 0.15) is 5.66 Å². The molecule has 0 bridgehead atoms. The maximum absolute atomic E-state index is 12.6. The van der Waals surface area contributed by atoms with Crippen LogP contribution in [-0.2, 0) is 5.66 Å². The summed E-state index contributed by atoms with van der Waals surface area (Å²) in [6.45, 7) is 4.16. The molecule has 4 rings (SSSR count). The number of nitrogens with zero attached hydrogens (tertiary/aromatic N) is 3. The van der Waals surface area contributed by atoms with E-state index >= 15 is 0 Å². The quantitative estimate of drug-likeness (QED) is 0.786. The topological polar surface area (TPSA) is 59.8 Å². The zero-order chi connectivity index (χ0) is 16.7. The highest BCUT2D eigenvalue weighted by molar-refractivity contribution is 5.76. The molecule has 120 valence electrons. The van der Waals surface area contributed by atoms with E-state index in [0.29, 0.717) is 11.5 Å². The zero-order valence-electron chi connectivity index (χ0n) is 13.7. The first-order chi connectivity index (χ1) is 11.6. The normalized spacial score (nSPS) is 18.4. The molecule has 2 heterocycles. The number of fused-ring (bicyclic) bond motifs is 3. The molecule has 1 aliphatic rings. The third-order valence-corrected chi connectivity index (χ3v) is 4.59. The second-order valence-electron chi connectivity index (χ2n) is 6.16. The fourth-order valence-electron chi connectivity index (χ4n) is 3.05. The van der Waals surface area contributed by atoms with Gasteiger partial charge < -0.3 is 5.32 Å². The van der Waals surface area contributed by atoms with Crippen LogP contribution < -0.4 is 10.9 Å². The molecule has 0 unspecified atom stereocenters. The second-order valence-corrected chi connectivity index (χ2v) is 6.16. The average Bonchev–Trinajstić information content (AvgIpc) is 2.62. The molecule has 5 nitrogen and oxygen atoms in total. The standard InChI is InChI=1S/C19H18N4O/c1-3-19(2)21-15-12-8-7-11-14(15)17-20-18(24)16(22-23(17)19)13-9-5-4-6-10-13/h4-12,21H,3H2,1-2H3/t19-/m1/s1. The summed E-state index contributed by atoms with van der Waals surface area (Å²) in [7, 11) is 0. The van der Waals surface area contributed by atoms with E-state index in [0.717, 1.165) is 23.2 Å². The van der Waals surface area contributed by atoms with Crippen molar-refractivity contribution in [2.24, 2.45) is 0 Å². The zero-order valence-corrected chi connectivity index (χ0v) is 13.7. The van der Waals surface area contributed by atoms with Crippen molar-refractivity contribution < 1.29 is 0 Å². The molecule has 1 aliphatic heterocycles. The molecular formula is C19H18N4O. The maximum Gasteiger partial charge on any atom is 0.300 e. The van der Waals surface area contributed by atoms with E-state index in [-0.39, 0.29) is 5.56 Å². The summed E-state index contributed by atoms with van der Waals surface area (Å²) in [6.07, 6.45) is 0.806. The predicted octanol–water partition coefficient (Wildman–Crippen LogP) is 3.48. The van der Waals surface area contributed by atoms with Gasteiger partial charge in [0.05, 0.1) is 0 Å². The summed E-state index contributed by atoms with van der Waals surface area (Å²) in [5.41, 5.74) is 2.29. The van der Waals surface area contributed by atoms with Gasteiger partial charge in [0.25, 0.3) is 5.56 Å². The van der Waals surface area contributed by atoms with Crippen molar-refractivity contribution in [1.82, 2.24) is 14.8 Å². The lowest BCUT2D eigenvalue weighted by Gasteiger charge is -2.38. The van der Waals surface area contributed by atoms with Gasteiger partial charge in [-0.2, -0.15) is 10.1 Å². The predicted molar refractivity (Wildman–Crippen MR) is 94.7 cm³/mol. The van der Waals surface area contributed by atoms with E-state index in [1.54, 1.807) is 0 Å². The Labute approximate surface area is 140 Å². The molecule has 5 heteroatoms. The summed E-state index contributed by atoms with van der Waals surface area (Å²) in [6, 6.07) is 17.3. The smallest absolute Gasteiger partial charge is 0.300 e. The highest BCUT2D eigenvalue weighted by Crippen LogP contribution is 2.37. The molecule has 0 amide bonds. The van der Waals surface area contributed by atoms with Crippen LogP contribution in [0.4, 0.5) is 5.69 Å². The van der Waals surface area contributed by atoms with Crippen LogP contribution >= 0.6 is 0 Å². The van der Waals surface area contributed by atoms with E-state index < -0.39 is 5.66 Å². The molecule has 3 aromatic rings. The molecule has 1 N–H and O–H groups in total. The van der Waals surface area contributed by atoms with E-state index in [1.165, 1.54) is 0 Å². The Hall–Kier alpha value is -2.95. The number of hydrogen-bond acceptors (Lipinski definition) is 4. The van der Waals surface area contributed by atoms with Gasteiger partial charge in [-0.15, -0.1) is 0 Å². The molecule has 0 saturated carbocycles. The average molecular weight is 318 g/mol. The van der Waals surface area contributed by atoms with Crippen LogP contribution in [0.3, 0.4) is 0 Å². The minimum absolute atomic E-state index is 0.303. The van der Waals surface area contributed by atoms with Gasteiger partial charge in [-0.1, -0.05) is 49.4 Å². The Morgan fingerprint density at radius 2 is 1.79 bits per heavy atom. The van der Waals surface area contributed by atoms with Crippen LogP contribution in [0.5, 0.6) is 0 Å². The van der Waals surface area contributed by atoms with Crippen LogP contribution in [0.2, 0.25) is 0 Å². The van der Waals surface area contributed by atoms with Crippen LogP contribution in [0.25, 0.3) is 22.6 Å². The molecule has 0 aliphatic carbocycles. The first-order valence-electron chi connectivity index (χ1n) is 8.07. The Morgan fingerprint density at radius 3 is 2.54 bits per heavy atom. The number of para-hydroxylation sites is 1. The molecule has 24 heavy (non-hydrogen) atoms. The molecule has 0 fully saturated rings.